The van der Waals surface area contributed by atoms with Gasteiger partial charge in [0.05, 0.1) is 11.8 Å². The van der Waals surface area contributed by atoms with Crippen molar-refractivity contribution in [1.29, 1.82) is 0 Å². The summed E-state index contributed by atoms with van der Waals surface area (Å²) in [4.78, 5) is 25.3. The van der Waals surface area contributed by atoms with E-state index in [-0.39, 0.29) is 11.7 Å². The largest absolute Gasteiger partial charge is 0.481 e. The van der Waals surface area contributed by atoms with E-state index in [1.807, 2.05) is 0 Å². The van der Waals surface area contributed by atoms with Crippen LogP contribution in [0.1, 0.15) is 24.8 Å². The third-order valence-corrected chi connectivity index (χ3v) is 4.36. The summed E-state index contributed by atoms with van der Waals surface area (Å²) >= 11 is 0. The summed E-state index contributed by atoms with van der Waals surface area (Å²) in [6, 6.07) is 4.45. The zero-order valence-corrected chi connectivity index (χ0v) is 11.0. The number of hydrogen-bond donors (Lipinski definition) is 1. The van der Waals surface area contributed by atoms with Crippen LogP contribution in [0.15, 0.2) is 18.2 Å². The molecule has 0 radical (unpaired) electrons. The third kappa shape index (κ3) is 2.07. The standard InChI is InChI=1S/C15H16FNO3/c16-10-5-4-9-6-7-17(13(9)8-10)14(18)11-2-1-3-12(11)15(19)20/h4-5,8,11-12H,1-3,6-7H2,(H,19,20)/t11-,12+/m1/s1. The average Bonchev–Trinajstić information content (AvgIpc) is 3.04. The molecular formula is C15H16FNO3. The summed E-state index contributed by atoms with van der Waals surface area (Å²) in [7, 11) is 0. The first-order valence-electron chi connectivity index (χ1n) is 6.90. The molecule has 2 atom stereocenters. The fourth-order valence-corrected chi connectivity index (χ4v) is 3.33. The molecule has 1 aliphatic carbocycles. The zero-order chi connectivity index (χ0) is 14.3. The summed E-state index contributed by atoms with van der Waals surface area (Å²) in [6.07, 6.45) is 2.62. The SMILES string of the molecule is O=C(O)[C@H]1CCC[C@H]1C(=O)N1CCc2ccc(F)cc21. The average molecular weight is 277 g/mol. The van der Waals surface area contributed by atoms with Gasteiger partial charge in [-0.1, -0.05) is 12.5 Å². The number of carboxylic acids is 1. The molecule has 1 heterocycles. The minimum Gasteiger partial charge on any atom is -0.481 e. The zero-order valence-electron chi connectivity index (χ0n) is 11.0. The summed E-state index contributed by atoms with van der Waals surface area (Å²) in [5, 5.41) is 9.18. The molecule has 5 heteroatoms. The number of fused-ring (bicyclic) bond motifs is 1. The van der Waals surface area contributed by atoms with Crippen LogP contribution in [0.3, 0.4) is 0 Å². The Morgan fingerprint density at radius 3 is 2.75 bits per heavy atom. The van der Waals surface area contributed by atoms with Gasteiger partial charge in [0.2, 0.25) is 5.91 Å². The molecule has 1 aromatic rings. The number of carbonyl (C=O) groups excluding carboxylic acids is 1. The number of benzene rings is 1. The summed E-state index contributed by atoms with van der Waals surface area (Å²) in [5.74, 6) is -2.51. The van der Waals surface area contributed by atoms with Crippen LogP contribution >= 0.6 is 0 Å². The van der Waals surface area contributed by atoms with Crippen LogP contribution in [-0.4, -0.2) is 23.5 Å². The van der Waals surface area contributed by atoms with Crippen molar-refractivity contribution in [2.75, 3.05) is 11.4 Å². The Bertz CT molecular complexity index is 572. The second-order valence-electron chi connectivity index (χ2n) is 5.50. The lowest BCUT2D eigenvalue weighted by Crippen LogP contribution is -2.38. The fourth-order valence-electron chi connectivity index (χ4n) is 3.33. The van der Waals surface area contributed by atoms with Crippen molar-refractivity contribution in [1.82, 2.24) is 0 Å². The molecule has 4 nitrogen and oxygen atoms in total. The van der Waals surface area contributed by atoms with Crippen molar-refractivity contribution in [3.63, 3.8) is 0 Å². The van der Waals surface area contributed by atoms with Crippen LogP contribution in [0.2, 0.25) is 0 Å². The Kier molecular flexibility index (Phi) is 3.20. The van der Waals surface area contributed by atoms with Crippen LogP contribution in [0, 0.1) is 17.7 Å². The first kappa shape index (κ1) is 13.1. The molecule has 0 aromatic heterocycles. The van der Waals surface area contributed by atoms with Gasteiger partial charge in [0.1, 0.15) is 5.82 Å². The van der Waals surface area contributed by atoms with Crippen LogP contribution in [0.4, 0.5) is 10.1 Å². The molecule has 1 amide bonds. The number of aliphatic carboxylic acids is 1. The Morgan fingerprint density at radius 1 is 1.25 bits per heavy atom. The van der Waals surface area contributed by atoms with E-state index in [9.17, 15) is 19.1 Å². The van der Waals surface area contributed by atoms with E-state index in [2.05, 4.69) is 0 Å². The van der Waals surface area contributed by atoms with E-state index in [0.29, 0.717) is 31.5 Å². The van der Waals surface area contributed by atoms with E-state index in [1.165, 1.54) is 12.1 Å². The van der Waals surface area contributed by atoms with Gasteiger partial charge in [-0.05, 0) is 37.0 Å². The lowest BCUT2D eigenvalue weighted by molar-refractivity contribution is -0.145. The molecule has 1 saturated carbocycles. The van der Waals surface area contributed by atoms with Gasteiger partial charge in [0.25, 0.3) is 0 Å². The minimum absolute atomic E-state index is 0.167. The lowest BCUT2D eigenvalue weighted by Gasteiger charge is -2.23. The topological polar surface area (TPSA) is 57.6 Å². The second-order valence-corrected chi connectivity index (χ2v) is 5.50. The molecule has 1 aliphatic heterocycles. The van der Waals surface area contributed by atoms with Gasteiger partial charge in [-0.3, -0.25) is 9.59 Å². The molecule has 1 fully saturated rings. The summed E-state index contributed by atoms with van der Waals surface area (Å²) in [6.45, 7) is 0.514. The van der Waals surface area contributed by atoms with E-state index < -0.39 is 17.8 Å². The Hall–Kier alpha value is -1.91. The summed E-state index contributed by atoms with van der Waals surface area (Å²) < 4.78 is 13.3. The van der Waals surface area contributed by atoms with Crippen molar-refractivity contribution < 1.29 is 19.1 Å². The number of carbonyl (C=O) groups is 2. The van der Waals surface area contributed by atoms with Gasteiger partial charge in [0.15, 0.2) is 0 Å². The van der Waals surface area contributed by atoms with Gasteiger partial charge in [-0.2, -0.15) is 0 Å². The highest BCUT2D eigenvalue weighted by molar-refractivity contribution is 5.99. The first-order chi connectivity index (χ1) is 9.58. The molecule has 3 rings (SSSR count). The number of amides is 1. The van der Waals surface area contributed by atoms with Crippen LogP contribution < -0.4 is 4.90 Å². The van der Waals surface area contributed by atoms with Gasteiger partial charge >= 0.3 is 5.97 Å². The number of halogens is 1. The lowest BCUT2D eigenvalue weighted by atomic mass is 9.94. The first-order valence-corrected chi connectivity index (χ1v) is 6.90. The fraction of sp³-hybridized carbons (Fsp3) is 0.467. The maximum absolute atomic E-state index is 13.3. The molecule has 0 bridgehead atoms. The Labute approximate surface area is 116 Å². The van der Waals surface area contributed by atoms with Crippen molar-refractivity contribution in [3.8, 4) is 0 Å². The highest BCUT2D eigenvalue weighted by Crippen LogP contribution is 2.37. The van der Waals surface area contributed by atoms with Gasteiger partial charge in [-0.25, -0.2) is 4.39 Å². The van der Waals surface area contributed by atoms with Gasteiger partial charge < -0.3 is 10.0 Å². The normalized spacial score (nSPS) is 24.8. The van der Waals surface area contributed by atoms with Crippen molar-refractivity contribution in [2.45, 2.75) is 25.7 Å². The van der Waals surface area contributed by atoms with E-state index in [0.717, 1.165) is 12.0 Å². The predicted octanol–water partition coefficient (Wildman–Crippen LogP) is 2.22. The van der Waals surface area contributed by atoms with Crippen LogP contribution in [0.5, 0.6) is 0 Å². The smallest absolute Gasteiger partial charge is 0.307 e. The number of nitrogens with zero attached hydrogens (tertiary/aromatic N) is 1. The second kappa shape index (κ2) is 4.89. The number of anilines is 1. The van der Waals surface area contributed by atoms with Crippen LogP contribution in [-0.2, 0) is 16.0 Å². The minimum atomic E-state index is -0.903. The Balaban J connectivity index is 1.86. The van der Waals surface area contributed by atoms with Crippen molar-refractivity contribution in [3.05, 3.63) is 29.6 Å². The monoisotopic (exact) mass is 277 g/mol. The van der Waals surface area contributed by atoms with E-state index in [1.54, 1.807) is 11.0 Å². The molecule has 0 spiro atoms. The maximum atomic E-state index is 13.3. The number of rotatable bonds is 2. The Morgan fingerprint density at radius 2 is 2.00 bits per heavy atom. The van der Waals surface area contributed by atoms with Gasteiger partial charge in [-0.15, -0.1) is 0 Å². The molecule has 20 heavy (non-hydrogen) atoms. The molecule has 0 unspecified atom stereocenters. The molecule has 1 aromatic carbocycles. The molecule has 1 N–H and O–H groups in total. The quantitative estimate of drug-likeness (QED) is 0.901. The highest BCUT2D eigenvalue weighted by Gasteiger charge is 2.41. The molecule has 2 aliphatic rings. The van der Waals surface area contributed by atoms with E-state index >= 15 is 0 Å². The van der Waals surface area contributed by atoms with Gasteiger partial charge in [0, 0.05) is 12.2 Å². The molecular weight excluding hydrogens is 261 g/mol. The highest BCUT2D eigenvalue weighted by atomic mass is 19.1. The van der Waals surface area contributed by atoms with Crippen molar-refractivity contribution >= 4 is 17.6 Å². The van der Waals surface area contributed by atoms with Crippen molar-refractivity contribution in [2.24, 2.45) is 11.8 Å². The molecule has 0 saturated heterocycles. The summed E-state index contributed by atoms with van der Waals surface area (Å²) in [5.41, 5.74) is 1.55. The number of hydrogen-bond acceptors (Lipinski definition) is 2. The van der Waals surface area contributed by atoms with Crippen LogP contribution in [0.25, 0.3) is 0 Å². The molecule has 106 valence electrons. The number of carboxylic acid groups (broad SMARTS) is 1. The predicted molar refractivity (Wildman–Crippen MR) is 70.9 cm³/mol. The maximum Gasteiger partial charge on any atom is 0.307 e. The third-order valence-electron chi connectivity index (χ3n) is 4.36. The van der Waals surface area contributed by atoms with E-state index in [4.69, 9.17) is 0 Å².